The monoisotopic (exact) mass is 184 g/mol. The molecule has 0 radical (unpaired) electrons. The van der Waals surface area contributed by atoms with Crippen molar-refractivity contribution in [3.05, 3.63) is 15.6 Å². The van der Waals surface area contributed by atoms with Crippen LogP contribution >= 0.6 is 11.3 Å². The highest BCUT2D eigenvalue weighted by atomic mass is 32.1. The molecular weight excluding hydrogens is 168 g/mol. The summed E-state index contributed by atoms with van der Waals surface area (Å²) < 4.78 is 0. The van der Waals surface area contributed by atoms with Gasteiger partial charge in [0.15, 0.2) is 0 Å². The average molecular weight is 184 g/mol. The smallest absolute Gasteiger partial charge is 0.107 e. The fourth-order valence-electron chi connectivity index (χ4n) is 1.23. The van der Waals surface area contributed by atoms with Gasteiger partial charge in [0.25, 0.3) is 0 Å². The third-order valence-corrected chi connectivity index (χ3v) is 3.07. The van der Waals surface area contributed by atoms with Crippen LogP contribution in [0.25, 0.3) is 0 Å². The molecule has 1 rings (SSSR count). The van der Waals surface area contributed by atoms with Crippen LogP contribution in [0.3, 0.4) is 0 Å². The minimum absolute atomic E-state index is 0.585. The van der Waals surface area contributed by atoms with Crippen molar-refractivity contribution < 1.29 is 0 Å². The van der Waals surface area contributed by atoms with Crippen LogP contribution in [0.1, 0.15) is 35.8 Å². The Kier molecular flexibility index (Phi) is 3.69. The molecule has 1 aromatic rings. The molecule has 0 aliphatic rings. The molecular formula is C9H16N2S. The molecule has 68 valence electrons. The van der Waals surface area contributed by atoms with Gasteiger partial charge in [-0.15, -0.1) is 11.3 Å². The molecule has 1 aromatic heterocycles. The molecule has 0 atom stereocenters. The molecule has 0 saturated heterocycles. The van der Waals surface area contributed by atoms with Gasteiger partial charge in [0.1, 0.15) is 5.01 Å². The van der Waals surface area contributed by atoms with Gasteiger partial charge in [0.2, 0.25) is 0 Å². The third kappa shape index (κ3) is 2.05. The van der Waals surface area contributed by atoms with Gasteiger partial charge in [0.05, 0.1) is 5.69 Å². The first-order chi connectivity index (χ1) is 5.81. The summed E-state index contributed by atoms with van der Waals surface area (Å²) in [5.41, 5.74) is 6.80. The molecule has 0 amide bonds. The Balaban J connectivity index is 2.84. The van der Waals surface area contributed by atoms with Gasteiger partial charge in [-0.25, -0.2) is 4.98 Å². The van der Waals surface area contributed by atoms with E-state index in [1.807, 2.05) is 0 Å². The highest BCUT2D eigenvalue weighted by molar-refractivity contribution is 7.11. The molecule has 2 N–H and O–H groups in total. The number of thiazole rings is 1. The van der Waals surface area contributed by atoms with Gasteiger partial charge >= 0.3 is 0 Å². The molecule has 0 unspecified atom stereocenters. The Morgan fingerprint density at radius 2 is 2.17 bits per heavy atom. The predicted octanol–water partition coefficient (Wildman–Crippen LogP) is 2.12. The summed E-state index contributed by atoms with van der Waals surface area (Å²) in [4.78, 5) is 5.90. The van der Waals surface area contributed by atoms with E-state index in [0.717, 1.165) is 17.8 Å². The van der Waals surface area contributed by atoms with Crippen molar-refractivity contribution in [2.75, 3.05) is 0 Å². The quantitative estimate of drug-likeness (QED) is 0.778. The Morgan fingerprint density at radius 3 is 2.67 bits per heavy atom. The van der Waals surface area contributed by atoms with Crippen molar-refractivity contribution >= 4 is 11.3 Å². The lowest BCUT2D eigenvalue weighted by molar-refractivity contribution is 0.862. The van der Waals surface area contributed by atoms with Crippen LogP contribution in [-0.2, 0) is 19.4 Å². The Labute approximate surface area is 77.8 Å². The van der Waals surface area contributed by atoms with Crippen molar-refractivity contribution in [3.8, 4) is 0 Å². The second-order valence-electron chi connectivity index (χ2n) is 2.79. The lowest BCUT2D eigenvalue weighted by Gasteiger charge is -1.94. The minimum atomic E-state index is 0.585. The Hall–Kier alpha value is -0.410. The van der Waals surface area contributed by atoms with E-state index in [9.17, 15) is 0 Å². The SMILES string of the molecule is CCCc1nc(CN)sc1CC. The number of rotatable bonds is 4. The second-order valence-corrected chi connectivity index (χ2v) is 3.95. The molecule has 0 bridgehead atoms. The summed E-state index contributed by atoms with van der Waals surface area (Å²) in [6.45, 7) is 4.94. The van der Waals surface area contributed by atoms with Gasteiger partial charge in [-0.05, 0) is 12.8 Å². The summed E-state index contributed by atoms with van der Waals surface area (Å²) in [6, 6.07) is 0. The largest absolute Gasteiger partial charge is 0.325 e. The van der Waals surface area contributed by atoms with E-state index in [1.165, 1.54) is 17.0 Å². The first-order valence-corrected chi connectivity index (χ1v) is 5.31. The van der Waals surface area contributed by atoms with Crippen molar-refractivity contribution in [1.29, 1.82) is 0 Å². The van der Waals surface area contributed by atoms with Gasteiger partial charge < -0.3 is 5.73 Å². The Morgan fingerprint density at radius 1 is 1.42 bits per heavy atom. The van der Waals surface area contributed by atoms with Crippen LogP contribution in [0.15, 0.2) is 0 Å². The standard InChI is InChI=1S/C9H16N2S/c1-3-5-7-8(4-2)12-9(6-10)11-7/h3-6,10H2,1-2H3. The highest BCUT2D eigenvalue weighted by Crippen LogP contribution is 2.19. The number of nitrogens with zero attached hydrogens (tertiary/aromatic N) is 1. The van der Waals surface area contributed by atoms with E-state index in [0.29, 0.717) is 6.54 Å². The van der Waals surface area contributed by atoms with E-state index in [2.05, 4.69) is 18.8 Å². The first-order valence-electron chi connectivity index (χ1n) is 4.49. The fourth-order valence-corrected chi connectivity index (χ4v) is 2.17. The van der Waals surface area contributed by atoms with Gasteiger partial charge in [-0.1, -0.05) is 20.3 Å². The molecule has 1 heterocycles. The summed E-state index contributed by atoms with van der Waals surface area (Å²) >= 11 is 1.76. The zero-order chi connectivity index (χ0) is 8.97. The minimum Gasteiger partial charge on any atom is -0.325 e. The first kappa shape index (κ1) is 9.68. The number of aromatic nitrogens is 1. The zero-order valence-electron chi connectivity index (χ0n) is 7.76. The summed E-state index contributed by atoms with van der Waals surface area (Å²) in [5, 5.41) is 1.08. The van der Waals surface area contributed by atoms with E-state index >= 15 is 0 Å². The van der Waals surface area contributed by atoms with Crippen LogP contribution < -0.4 is 5.73 Å². The van der Waals surface area contributed by atoms with Gasteiger partial charge in [0, 0.05) is 11.4 Å². The van der Waals surface area contributed by atoms with Crippen LogP contribution in [0.5, 0.6) is 0 Å². The maximum Gasteiger partial charge on any atom is 0.107 e. The normalized spacial score (nSPS) is 10.6. The molecule has 3 heteroatoms. The van der Waals surface area contributed by atoms with Crippen LogP contribution in [0.4, 0.5) is 0 Å². The van der Waals surface area contributed by atoms with Gasteiger partial charge in [-0.2, -0.15) is 0 Å². The fraction of sp³-hybridized carbons (Fsp3) is 0.667. The molecule has 0 aromatic carbocycles. The predicted molar refractivity (Wildman–Crippen MR) is 53.4 cm³/mol. The van der Waals surface area contributed by atoms with E-state index in [-0.39, 0.29) is 0 Å². The maximum absolute atomic E-state index is 5.53. The maximum atomic E-state index is 5.53. The third-order valence-electron chi connectivity index (χ3n) is 1.81. The molecule has 0 aliphatic heterocycles. The number of aryl methyl sites for hydroxylation is 2. The zero-order valence-corrected chi connectivity index (χ0v) is 8.58. The molecule has 0 saturated carbocycles. The molecule has 12 heavy (non-hydrogen) atoms. The van der Waals surface area contributed by atoms with E-state index < -0.39 is 0 Å². The molecule has 2 nitrogen and oxygen atoms in total. The van der Waals surface area contributed by atoms with Gasteiger partial charge in [-0.3, -0.25) is 0 Å². The van der Waals surface area contributed by atoms with Crippen molar-refractivity contribution in [2.45, 2.75) is 39.7 Å². The second kappa shape index (κ2) is 4.58. The Bertz CT molecular complexity index is 243. The van der Waals surface area contributed by atoms with Crippen molar-refractivity contribution in [1.82, 2.24) is 4.98 Å². The summed E-state index contributed by atoms with van der Waals surface area (Å²) in [5.74, 6) is 0. The van der Waals surface area contributed by atoms with E-state index in [4.69, 9.17) is 5.73 Å². The number of hydrogen-bond donors (Lipinski definition) is 1. The molecule has 0 spiro atoms. The number of hydrogen-bond acceptors (Lipinski definition) is 3. The topological polar surface area (TPSA) is 38.9 Å². The van der Waals surface area contributed by atoms with Crippen LogP contribution in [0.2, 0.25) is 0 Å². The van der Waals surface area contributed by atoms with Crippen molar-refractivity contribution in [2.24, 2.45) is 5.73 Å². The number of nitrogens with two attached hydrogens (primary N) is 1. The van der Waals surface area contributed by atoms with Crippen LogP contribution in [-0.4, -0.2) is 4.98 Å². The summed E-state index contributed by atoms with van der Waals surface area (Å²) in [6.07, 6.45) is 3.35. The highest BCUT2D eigenvalue weighted by Gasteiger charge is 2.06. The average Bonchev–Trinajstić information content (AvgIpc) is 2.48. The van der Waals surface area contributed by atoms with E-state index in [1.54, 1.807) is 11.3 Å². The molecule has 0 aliphatic carbocycles. The van der Waals surface area contributed by atoms with Crippen molar-refractivity contribution in [3.63, 3.8) is 0 Å². The lowest BCUT2D eigenvalue weighted by Crippen LogP contribution is -1.95. The lowest BCUT2D eigenvalue weighted by atomic mass is 10.2. The molecule has 0 fully saturated rings. The van der Waals surface area contributed by atoms with Crippen LogP contribution in [0, 0.1) is 0 Å². The summed E-state index contributed by atoms with van der Waals surface area (Å²) in [7, 11) is 0.